The molecule has 0 bridgehead atoms. The third-order valence-electron chi connectivity index (χ3n) is 7.75. The number of Topliss-reactive ketones (excluding diaryl/α,β-unsaturated/α-hetero) is 1. The largest absolute Gasteiger partial charge is 0.390 e. The van der Waals surface area contributed by atoms with Crippen molar-refractivity contribution in [1.82, 2.24) is 0 Å². The number of ketones is 1. The molecule has 0 heterocycles. The van der Waals surface area contributed by atoms with Crippen molar-refractivity contribution in [3.63, 3.8) is 0 Å². The summed E-state index contributed by atoms with van der Waals surface area (Å²) in [5, 5.41) is 11.4. The molecular formula is C20H30O2. The smallest absolute Gasteiger partial charge is 0.139 e. The van der Waals surface area contributed by atoms with Crippen LogP contribution in [0.3, 0.4) is 0 Å². The van der Waals surface area contributed by atoms with E-state index in [9.17, 15) is 9.90 Å². The SMILES string of the molecule is CC[C@]12CC(C)(O)C3C4CCCC=C4CCC3C1CCC2=O. The number of fused-ring (bicyclic) bond motifs is 5. The molecule has 4 aliphatic rings. The first-order valence-corrected chi connectivity index (χ1v) is 9.44. The molecule has 22 heavy (non-hydrogen) atoms. The van der Waals surface area contributed by atoms with Crippen molar-refractivity contribution < 1.29 is 9.90 Å². The van der Waals surface area contributed by atoms with E-state index in [0.717, 1.165) is 19.3 Å². The summed E-state index contributed by atoms with van der Waals surface area (Å²) >= 11 is 0. The van der Waals surface area contributed by atoms with Gasteiger partial charge >= 0.3 is 0 Å². The first-order chi connectivity index (χ1) is 10.5. The number of hydrogen-bond acceptors (Lipinski definition) is 2. The van der Waals surface area contributed by atoms with E-state index in [0.29, 0.717) is 35.9 Å². The van der Waals surface area contributed by atoms with Crippen LogP contribution < -0.4 is 0 Å². The predicted octanol–water partition coefficient (Wildman–Crippen LogP) is 4.27. The van der Waals surface area contributed by atoms with Crippen molar-refractivity contribution in [2.24, 2.45) is 29.1 Å². The Morgan fingerprint density at radius 1 is 1.27 bits per heavy atom. The molecule has 0 saturated heterocycles. The zero-order chi connectivity index (χ0) is 15.5. The van der Waals surface area contributed by atoms with Crippen LogP contribution in [-0.2, 0) is 4.79 Å². The zero-order valence-electron chi connectivity index (χ0n) is 14.1. The summed E-state index contributed by atoms with van der Waals surface area (Å²) in [6.45, 7) is 4.21. The Morgan fingerprint density at radius 2 is 2.09 bits per heavy atom. The number of carbonyl (C=O) groups is 1. The van der Waals surface area contributed by atoms with Crippen molar-refractivity contribution in [2.75, 3.05) is 0 Å². The molecule has 3 fully saturated rings. The van der Waals surface area contributed by atoms with Gasteiger partial charge < -0.3 is 5.11 Å². The van der Waals surface area contributed by atoms with E-state index in [2.05, 4.69) is 13.0 Å². The monoisotopic (exact) mass is 302 g/mol. The van der Waals surface area contributed by atoms with Crippen LogP contribution in [-0.4, -0.2) is 16.5 Å². The van der Waals surface area contributed by atoms with Crippen LogP contribution in [0.1, 0.15) is 71.6 Å². The van der Waals surface area contributed by atoms with Crippen LogP contribution in [0.5, 0.6) is 0 Å². The Bertz CT molecular complexity index is 518. The average Bonchev–Trinajstić information content (AvgIpc) is 2.83. The minimum Gasteiger partial charge on any atom is -0.390 e. The molecule has 2 nitrogen and oxygen atoms in total. The lowest BCUT2D eigenvalue weighted by atomic mass is 9.47. The van der Waals surface area contributed by atoms with Gasteiger partial charge in [-0.3, -0.25) is 4.79 Å². The second-order valence-corrected chi connectivity index (χ2v) is 8.66. The summed E-state index contributed by atoms with van der Waals surface area (Å²) < 4.78 is 0. The van der Waals surface area contributed by atoms with Gasteiger partial charge in [0, 0.05) is 11.8 Å². The molecule has 0 aromatic carbocycles. The summed E-state index contributed by atoms with van der Waals surface area (Å²) in [6.07, 6.45) is 12.1. The number of aliphatic hydroxyl groups is 1. The van der Waals surface area contributed by atoms with Crippen LogP contribution in [0.2, 0.25) is 0 Å². The lowest BCUT2D eigenvalue weighted by Gasteiger charge is -2.59. The minimum absolute atomic E-state index is 0.208. The van der Waals surface area contributed by atoms with Gasteiger partial charge in [-0.15, -0.1) is 0 Å². The summed E-state index contributed by atoms with van der Waals surface area (Å²) in [7, 11) is 0. The van der Waals surface area contributed by atoms with Crippen LogP contribution in [0, 0.1) is 29.1 Å². The van der Waals surface area contributed by atoms with Gasteiger partial charge in [-0.2, -0.15) is 0 Å². The van der Waals surface area contributed by atoms with Gasteiger partial charge in [-0.1, -0.05) is 18.6 Å². The van der Waals surface area contributed by atoms with Gasteiger partial charge in [0.1, 0.15) is 5.78 Å². The molecule has 3 saturated carbocycles. The maximum absolute atomic E-state index is 12.7. The molecule has 0 amide bonds. The van der Waals surface area contributed by atoms with Crippen LogP contribution >= 0.6 is 0 Å². The number of carbonyl (C=O) groups excluding carboxylic acids is 1. The second kappa shape index (κ2) is 4.93. The number of rotatable bonds is 1. The minimum atomic E-state index is -0.668. The Kier molecular flexibility index (Phi) is 3.35. The van der Waals surface area contributed by atoms with Gasteiger partial charge in [-0.25, -0.2) is 0 Å². The van der Waals surface area contributed by atoms with Gasteiger partial charge in [0.2, 0.25) is 0 Å². The van der Waals surface area contributed by atoms with E-state index in [-0.39, 0.29) is 5.41 Å². The van der Waals surface area contributed by atoms with Crippen molar-refractivity contribution >= 4 is 5.78 Å². The predicted molar refractivity (Wildman–Crippen MR) is 87.3 cm³/mol. The molecule has 0 spiro atoms. The van der Waals surface area contributed by atoms with E-state index in [1.165, 1.54) is 32.1 Å². The number of allylic oxidation sites excluding steroid dienone is 2. The first-order valence-electron chi connectivity index (χ1n) is 9.44. The number of hydrogen-bond donors (Lipinski definition) is 1. The van der Waals surface area contributed by atoms with Crippen LogP contribution in [0.15, 0.2) is 11.6 Å². The Hall–Kier alpha value is -0.630. The maximum atomic E-state index is 12.7. The van der Waals surface area contributed by atoms with Gasteiger partial charge in [0.25, 0.3) is 0 Å². The molecule has 0 aromatic heterocycles. The van der Waals surface area contributed by atoms with Crippen molar-refractivity contribution in [1.29, 1.82) is 0 Å². The van der Waals surface area contributed by atoms with Gasteiger partial charge in [-0.05, 0) is 82.0 Å². The van der Waals surface area contributed by atoms with Crippen LogP contribution in [0.25, 0.3) is 0 Å². The molecule has 6 atom stereocenters. The van der Waals surface area contributed by atoms with Crippen molar-refractivity contribution in [2.45, 2.75) is 77.2 Å². The highest BCUT2D eigenvalue weighted by atomic mass is 16.3. The molecule has 4 aliphatic carbocycles. The fraction of sp³-hybridized carbons (Fsp3) is 0.850. The zero-order valence-corrected chi connectivity index (χ0v) is 14.1. The summed E-state index contributed by atoms with van der Waals surface area (Å²) in [5.41, 5.74) is 0.750. The lowest BCUT2D eigenvalue weighted by molar-refractivity contribution is -0.168. The fourth-order valence-corrected chi connectivity index (χ4v) is 7.03. The summed E-state index contributed by atoms with van der Waals surface area (Å²) in [4.78, 5) is 12.7. The molecule has 0 aromatic rings. The van der Waals surface area contributed by atoms with E-state index in [1.54, 1.807) is 5.57 Å². The molecule has 4 rings (SSSR count). The average molecular weight is 302 g/mol. The van der Waals surface area contributed by atoms with Crippen LogP contribution in [0.4, 0.5) is 0 Å². The van der Waals surface area contributed by atoms with Gasteiger partial charge in [0.05, 0.1) is 5.60 Å². The first kappa shape index (κ1) is 14.9. The van der Waals surface area contributed by atoms with E-state index < -0.39 is 5.60 Å². The van der Waals surface area contributed by atoms with Crippen molar-refractivity contribution in [3.05, 3.63) is 11.6 Å². The Morgan fingerprint density at radius 3 is 2.86 bits per heavy atom. The third kappa shape index (κ3) is 1.85. The molecule has 122 valence electrons. The fourth-order valence-electron chi connectivity index (χ4n) is 7.03. The quantitative estimate of drug-likeness (QED) is 0.734. The van der Waals surface area contributed by atoms with Crippen molar-refractivity contribution in [3.8, 4) is 0 Å². The molecule has 0 aliphatic heterocycles. The topological polar surface area (TPSA) is 37.3 Å². The highest BCUT2D eigenvalue weighted by molar-refractivity contribution is 5.87. The van der Waals surface area contributed by atoms with E-state index in [1.807, 2.05) is 6.92 Å². The molecule has 2 heteroatoms. The van der Waals surface area contributed by atoms with E-state index in [4.69, 9.17) is 0 Å². The van der Waals surface area contributed by atoms with E-state index >= 15 is 0 Å². The second-order valence-electron chi connectivity index (χ2n) is 8.66. The molecule has 1 N–H and O–H groups in total. The molecular weight excluding hydrogens is 272 g/mol. The molecule has 0 radical (unpaired) electrons. The summed E-state index contributed by atoms with van der Waals surface area (Å²) in [5.74, 6) is 2.54. The van der Waals surface area contributed by atoms with Gasteiger partial charge in [0.15, 0.2) is 0 Å². The highest BCUT2D eigenvalue weighted by Crippen LogP contribution is 2.64. The summed E-state index contributed by atoms with van der Waals surface area (Å²) in [6, 6.07) is 0. The maximum Gasteiger partial charge on any atom is 0.139 e. The molecule has 5 unspecified atom stereocenters. The normalized spacial score (nSPS) is 50.9. The Balaban J connectivity index is 1.76. The standard InChI is InChI=1S/C20H30O2/c1-3-20-12-19(2,22)18-14-7-5-4-6-13(14)8-9-15(18)16(20)10-11-17(20)21/h6,14-16,18,22H,3-5,7-12H2,1-2H3/t14?,15?,16?,18?,19?,20-/m0/s1. The highest BCUT2D eigenvalue weighted by Gasteiger charge is 2.63. The third-order valence-corrected chi connectivity index (χ3v) is 7.75. The Labute approximate surface area is 134 Å². The lowest BCUT2D eigenvalue weighted by Crippen LogP contribution is -2.59.